The van der Waals surface area contributed by atoms with Crippen molar-refractivity contribution in [2.24, 2.45) is 5.73 Å². The molecule has 1 saturated heterocycles. The Bertz CT molecular complexity index is 81.1. The molecule has 2 atom stereocenters. The molecule has 0 aliphatic carbocycles. The highest BCUT2D eigenvalue weighted by Gasteiger charge is 2.17. The lowest BCUT2D eigenvalue weighted by Crippen LogP contribution is -2.38. The van der Waals surface area contributed by atoms with Gasteiger partial charge in [-0.3, -0.25) is 0 Å². The Kier molecular flexibility index (Phi) is 2.82. The second-order valence-electron chi connectivity index (χ2n) is 2.34. The Morgan fingerprint density at radius 1 is 1.78 bits per heavy atom. The van der Waals surface area contributed by atoms with Crippen LogP contribution in [-0.4, -0.2) is 30.3 Å². The zero-order valence-corrected chi connectivity index (χ0v) is 6.49. The van der Waals surface area contributed by atoms with E-state index in [1.807, 2.05) is 18.7 Å². The van der Waals surface area contributed by atoms with Crippen LogP contribution in [0.2, 0.25) is 0 Å². The summed E-state index contributed by atoms with van der Waals surface area (Å²) in [5.41, 5.74) is 5.63. The van der Waals surface area contributed by atoms with E-state index in [-0.39, 0.29) is 6.04 Å². The third kappa shape index (κ3) is 2.16. The Hall–Kier alpha value is 0.270. The molecule has 1 unspecified atom stereocenters. The maximum Gasteiger partial charge on any atom is 0.0813 e. The first-order valence-electron chi connectivity index (χ1n) is 3.25. The summed E-state index contributed by atoms with van der Waals surface area (Å²) in [5.74, 6) is 2.20. The molecule has 1 fully saturated rings. The van der Waals surface area contributed by atoms with Gasteiger partial charge in [0.25, 0.3) is 0 Å². The predicted octanol–water partition coefficient (Wildman–Crippen LogP) is 0.466. The SMILES string of the molecule is C[C@@H](N)C1CSCCO1. The second-order valence-corrected chi connectivity index (χ2v) is 3.49. The van der Waals surface area contributed by atoms with Crippen LogP contribution in [0.1, 0.15) is 6.92 Å². The summed E-state index contributed by atoms with van der Waals surface area (Å²) in [6.45, 7) is 2.87. The van der Waals surface area contributed by atoms with Gasteiger partial charge in [0.2, 0.25) is 0 Å². The molecule has 0 aromatic rings. The van der Waals surface area contributed by atoms with Crippen molar-refractivity contribution in [2.45, 2.75) is 19.1 Å². The summed E-state index contributed by atoms with van der Waals surface area (Å²) < 4.78 is 5.39. The summed E-state index contributed by atoms with van der Waals surface area (Å²) in [6, 6.07) is 0.192. The molecule has 0 spiro atoms. The van der Waals surface area contributed by atoms with E-state index in [0.29, 0.717) is 6.10 Å². The molecule has 0 bridgehead atoms. The third-order valence-electron chi connectivity index (χ3n) is 1.43. The van der Waals surface area contributed by atoms with Gasteiger partial charge in [-0.15, -0.1) is 0 Å². The fourth-order valence-corrected chi connectivity index (χ4v) is 1.82. The highest BCUT2D eigenvalue weighted by Crippen LogP contribution is 2.13. The van der Waals surface area contributed by atoms with E-state index in [9.17, 15) is 0 Å². The summed E-state index contributed by atoms with van der Waals surface area (Å²) in [6.07, 6.45) is 0.295. The topological polar surface area (TPSA) is 35.2 Å². The minimum absolute atomic E-state index is 0.192. The van der Waals surface area contributed by atoms with Crippen molar-refractivity contribution in [3.05, 3.63) is 0 Å². The molecular formula is C6H13NOS. The predicted molar refractivity (Wildman–Crippen MR) is 40.7 cm³/mol. The van der Waals surface area contributed by atoms with E-state index in [1.54, 1.807) is 0 Å². The van der Waals surface area contributed by atoms with Gasteiger partial charge in [0.1, 0.15) is 0 Å². The van der Waals surface area contributed by atoms with Crippen LogP contribution in [0.5, 0.6) is 0 Å². The van der Waals surface area contributed by atoms with Gasteiger partial charge >= 0.3 is 0 Å². The molecule has 1 heterocycles. The van der Waals surface area contributed by atoms with Crippen molar-refractivity contribution < 1.29 is 4.74 Å². The molecule has 2 N–H and O–H groups in total. The summed E-state index contributed by atoms with van der Waals surface area (Å²) >= 11 is 1.93. The van der Waals surface area contributed by atoms with Crippen molar-refractivity contribution >= 4 is 11.8 Å². The molecule has 0 saturated carbocycles. The molecular weight excluding hydrogens is 134 g/mol. The molecule has 9 heavy (non-hydrogen) atoms. The molecule has 54 valence electrons. The van der Waals surface area contributed by atoms with Gasteiger partial charge in [-0.05, 0) is 6.92 Å². The van der Waals surface area contributed by atoms with Crippen molar-refractivity contribution in [1.82, 2.24) is 0 Å². The summed E-state index contributed by atoms with van der Waals surface area (Å²) in [5, 5.41) is 0. The molecule has 1 aliphatic rings. The zero-order chi connectivity index (χ0) is 6.69. The lowest BCUT2D eigenvalue weighted by molar-refractivity contribution is 0.0613. The van der Waals surface area contributed by atoms with Gasteiger partial charge in [0, 0.05) is 17.5 Å². The van der Waals surface area contributed by atoms with Crippen LogP contribution < -0.4 is 5.73 Å². The third-order valence-corrected chi connectivity index (χ3v) is 2.45. The van der Waals surface area contributed by atoms with Gasteiger partial charge in [0.05, 0.1) is 12.7 Å². The highest BCUT2D eigenvalue weighted by molar-refractivity contribution is 7.99. The fourth-order valence-electron chi connectivity index (χ4n) is 0.810. The molecule has 0 aromatic carbocycles. The normalized spacial score (nSPS) is 32.0. The number of hydrogen-bond donors (Lipinski definition) is 1. The first-order valence-corrected chi connectivity index (χ1v) is 4.41. The molecule has 0 amide bonds. The van der Waals surface area contributed by atoms with Gasteiger partial charge in [0.15, 0.2) is 0 Å². The lowest BCUT2D eigenvalue weighted by Gasteiger charge is -2.24. The Balaban J connectivity index is 2.23. The molecule has 0 aromatic heterocycles. The van der Waals surface area contributed by atoms with Crippen molar-refractivity contribution in [2.75, 3.05) is 18.1 Å². The lowest BCUT2D eigenvalue weighted by atomic mass is 10.2. The van der Waals surface area contributed by atoms with Crippen molar-refractivity contribution in [3.8, 4) is 0 Å². The number of thioether (sulfide) groups is 1. The first kappa shape index (κ1) is 7.38. The van der Waals surface area contributed by atoms with Crippen molar-refractivity contribution in [1.29, 1.82) is 0 Å². The number of rotatable bonds is 1. The Morgan fingerprint density at radius 3 is 2.89 bits per heavy atom. The number of hydrogen-bond acceptors (Lipinski definition) is 3. The highest BCUT2D eigenvalue weighted by atomic mass is 32.2. The van der Waals surface area contributed by atoms with Crippen LogP contribution in [0.3, 0.4) is 0 Å². The number of ether oxygens (including phenoxy) is 1. The van der Waals surface area contributed by atoms with E-state index in [0.717, 1.165) is 18.1 Å². The maximum atomic E-state index is 5.63. The second kappa shape index (κ2) is 3.44. The van der Waals surface area contributed by atoms with Gasteiger partial charge in [-0.2, -0.15) is 11.8 Å². The largest absolute Gasteiger partial charge is 0.375 e. The van der Waals surface area contributed by atoms with Crippen LogP contribution >= 0.6 is 11.8 Å². The van der Waals surface area contributed by atoms with Crippen LogP contribution in [-0.2, 0) is 4.74 Å². The van der Waals surface area contributed by atoms with E-state index >= 15 is 0 Å². The smallest absolute Gasteiger partial charge is 0.0813 e. The minimum Gasteiger partial charge on any atom is -0.375 e. The van der Waals surface area contributed by atoms with Crippen LogP contribution in [0, 0.1) is 0 Å². The van der Waals surface area contributed by atoms with Crippen LogP contribution in [0.15, 0.2) is 0 Å². The quantitative estimate of drug-likeness (QED) is 0.585. The van der Waals surface area contributed by atoms with E-state index in [2.05, 4.69) is 0 Å². The standard InChI is InChI=1S/C6H13NOS/c1-5(7)6-4-9-3-2-8-6/h5-6H,2-4,7H2,1H3/t5-,6?/m1/s1. The number of nitrogens with two attached hydrogens (primary N) is 1. The molecule has 3 heteroatoms. The van der Waals surface area contributed by atoms with Gasteiger partial charge in [-0.25, -0.2) is 0 Å². The zero-order valence-electron chi connectivity index (χ0n) is 5.67. The maximum absolute atomic E-state index is 5.63. The Labute approximate surface area is 60.1 Å². The average Bonchev–Trinajstić information content (AvgIpc) is 1.90. The first-order chi connectivity index (χ1) is 4.30. The molecule has 1 rings (SSSR count). The Morgan fingerprint density at radius 2 is 2.56 bits per heavy atom. The minimum atomic E-state index is 0.192. The average molecular weight is 147 g/mol. The van der Waals surface area contributed by atoms with Crippen LogP contribution in [0.4, 0.5) is 0 Å². The molecule has 0 radical (unpaired) electrons. The van der Waals surface area contributed by atoms with E-state index in [4.69, 9.17) is 10.5 Å². The van der Waals surface area contributed by atoms with Gasteiger partial charge < -0.3 is 10.5 Å². The summed E-state index contributed by atoms with van der Waals surface area (Å²) in [4.78, 5) is 0. The molecule has 1 aliphatic heterocycles. The van der Waals surface area contributed by atoms with E-state index in [1.165, 1.54) is 0 Å². The van der Waals surface area contributed by atoms with Crippen LogP contribution in [0.25, 0.3) is 0 Å². The monoisotopic (exact) mass is 147 g/mol. The van der Waals surface area contributed by atoms with Gasteiger partial charge in [-0.1, -0.05) is 0 Å². The fraction of sp³-hybridized carbons (Fsp3) is 1.00. The molecule has 2 nitrogen and oxygen atoms in total. The summed E-state index contributed by atoms with van der Waals surface area (Å²) in [7, 11) is 0. The van der Waals surface area contributed by atoms with E-state index < -0.39 is 0 Å². The van der Waals surface area contributed by atoms with Crippen molar-refractivity contribution in [3.63, 3.8) is 0 Å².